The average Bonchev–Trinajstić information content (AvgIpc) is 3.34. The Bertz CT molecular complexity index is 640. The number of aliphatic carboxylic acids is 1. The van der Waals surface area contributed by atoms with E-state index in [1.54, 1.807) is 4.90 Å². The number of alkyl halides is 3. The van der Waals surface area contributed by atoms with Gasteiger partial charge in [0.1, 0.15) is 5.82 Å². The van der Waals surface area contributed by atoms with E-state index in [1.807, 2.05) is 4.90 Å². The number of carbonyl (C=O) groups is 2. The quantitative estimate of drug-likeness (QED) is 0.900. The lowest BCUT2D eigenvalue weighted by Gasteiger charge is -2.35. The van der Waals surface area contributed by atoms with E-state index in [2.05, 4.69) is 4.98 Å². The van der Waals surface area contributed by atoms with Crippen molar-refractivity contribution in [3.8, 4) is 0 Å². The molecule has 6 nitrogen and oxygen atoms in total. The van der Waals surface area contributed by atoms with Crippen molar-refractivity contribution in [2.75, 3.05) is 31.1 Å². The van der Waals surface area contributed by atoms with Gasteiger partial charge in [0.05, 0.1) is 17.4 Å². The predicted octanol–water partition coefficient (Wildman–Crippen LogP) is 1.47. The number of piperazine rings is 1. The first-order valence-corrected chi connectivity index (χ1v) is 7.57. The highest BCUT2D eigenvalue weighted by Crippen LogP contribution is 2.40. The zero-order valence-electron chi connectivity index (χ0n) is 12.7. The van der Waals surface area contributed by atoms with Gasteiger partial charge in [0, 0.05) is 32.4 Å². The van der Waals surface area contributed by atoms with Gasteiger partial charge in [-0.3, -0.25) is 9.59 Å². The van der Waals surface area contributed by atoms with E-state index in [0.717, 1.165) is 12.3 Å². The Hall–Kier alpha value is -2.32. The number of hydrogen-bond acceptors (Lipinski definition) is 4. The summed E-state index contributed by atoms with van der Waals surface area (Å²) in [6, 6.07) is 2.31. The van der Waals surface area contributed by atoms with Crippen molar-refractivity contribution in [3.05, 3.63) is 23.9 Å². The molecule has 1 aromatic heterocycles. The fourth-order valence-electron chi connectivity index (χ4n) is 2.87. The number of amides is 1. The maximum atomic E-state index is 12.5. The minimum absolute atomic E-state index is 0.151. The summed E-state index contributed by atoms with van der Waals surface area (Å²) in [7, 11) is 0. The predicted molar refractivity (Wildman–Crippen MR) is 77.3 cm³/mol. The molecule has 24 heavy (non-hydrogen) atoms. The zero-order chi connectivity index (χ0) is 17.5. The molecule has 1 aliphatic carbocycles. The van der Waals surface area contributed by atoms with Gasteiger partial charge < -0.3 is 14.9 Å². The number of rotatable bonds is 3. The second kappa shape index (κ2) is 5.95. The fraction of sp³-hybridized carbons (Fsp3) is 0.533. The van der Waals surface area contributed by atoms with E-state index in [9.17, 15) is 22.8 Å². The van der Waals surface area contributed by atoms with Crippen molar-refractivity contribution in [1.82, 2.24) is 9.88 Å². The summed E-state index contributed by atoms with van der Waals surface area (Å²) in [5.74, 6) is -1.67. The van der Waals surface area contributed by atoms with Gasteiger partial charge in [0.2, 0.25) is 5.91 Å². The first kappa shape index (κ1) is 16.5. The lowest BCUT2D eigenvalue weighted by molar-refractivity contribution is -0.142. The molecular formula is C15H16F3N3O3. The molecule has 1 saturated carbocycles. The van der Waals surface area contributed by atoms with Crippen LogP contribution in [0.3, 0.4) is 0 Å². The molecule has 1 aliphatic heterocycles. The number of halogens is 3. The van der Waals surface area contributed by atoms with Gasteiger partial charge in [-0.1, -0.05) is 0 Å². The van der Waals surface area contributed by atoms with Crippen LogP contribution in [-0.4, -0.2) is 53.0 Å². The molecule has 0 spiro atoms. The molecule has 2 atom stereocenters. The molecule has 130 valence electrons. The number of hydrogen-bond donors (Lipinski definition) is 1. The summed E-state index contributed by atoms with van der Waals surface area (Å²) in [4.78, 5) is 30.3. The molecular weight excluding hydrogens is 327 g/mol. The Morgan fingerprint density at radius 2 is 1.79 bits per heavy atom. The largest absolute Gasteiger partial charge is 0.481 e. The standard InChI is InChI=1S/C15H16F3N3O3/c16-15(17,18)9-1-2-12(19-8-9)20-3-5-21(6-4-20)13(22)10-7-11(10)14(23)24/h1-2,8,10-11H,3-7H2,(H,23,24)/t10-,11+/m0/s1. The van der Waals surface area contributed by atoms with Gasteiger partial charge in [-0.25, -0.2) is 4.98 Å². The molecule has 0 unspecified atom stereocenters. The second-order valence-electron chi connectivity index (χ2n) is 6.00. The molecule has 3 rings (SSSR count). The van der Waals surface area contributed by atoms with Crippen LogP contribution in [0.2, 0.25) is 0 Å². The van der Waals surface area contributed by atoms with E-state index in [-0.39, 0.29) is 5.91 Å². The van der Waals surface area contributed by atoms with Crippen LogP contribution >= 0.6 is 0 Å². The van der Waals surface area contributed by atoms with E-state index < -0.39 is 29.5 Å². The van der Waals surface area contributed by atoms with Crippen LogP contribution in [0.15, 0.2) is 18.3 Å². The summed E-state index contributed by atoms with van der Waals surface area (Å²) in [5, 5.41) is 8.87. The van der Waals surface area contributed by atoms with Crippen LogP contribution in [-0.2, 0) is 15.8 Å². The number of carboxylic acids is 1. The molecule has 1 saturated heterocycles. The van der Waals surface area contributed by atoms with E-state index in [4.69, 9.17) is 5.11 Å². The lowest BCUT2D eigenvalue weighted by atomic mass is 10.2. The molecule has 2 fully saturated rings. The first-order chi connectivity index (χ1) is 11.3. The van der Waals surface area contributed by atoms with Crippen molar-refractivity contribution >= 4 is 17.7 Å². The highest BCUT2D eigenvalue weighted by molar-refractivity contribution is 5.89. The summed E-state index contributed by atoms with van der Waals surface area (Å²) in [6.07, 6.45) is -3.23. The summed E-state index contributed by atoms with van der Waals surface area (Å²) in [6.45, 7) is 1.72. The molecule has 2 aliphatic rings. The minimum Gasteiger partial charge on any atom is -0.481 e. The Balaban J connectivity index is 1.55. The molecule has 0 radical (unpaired) electrons. The third kappa shape index (κ3) is 3.29. The third-order valence-electron chi connectivity index (χ3n) is 4.42. The van der Waals surface area contributed by atoms with Crippen molar-refractivity contribution < 1.29 is 27.9 Å². The van der Waals surface area contributed by atoms with Gasteiger partial charge in [-0.05, 0) is 18.6 Å². The topological polar surface area (TPSA) is 73.7 Å². The number of carbonyl (C=O) groups excluding carboxylic acids is 1. The van der Waals surface area contributed by atoms with Crippen LogP contribution < -0.4 is 4.90 Å². The SMILES string of the molecule is O=C(O)[C@@H]1C[C@@H]1C(=O)N1CCN(c2ccc(C(F)(F)F)cn2)CC1. The molecule has 2 heterocycles. The van der Waals surface area contributed by atoms with Crippen LogP contribution in [0.1, 0.15) is 12.0 Å². The van der Waals surface area contributed by atoms with Crippen LogP contribution in [0.25, 0.3) is 0 Å². The third-order valence-corrected chi connectivity index (χ3v) is 4.42. The van der Waals surface area contributed by atoms with Crippen LogP contribution in [0, 0.1) is 11.8 Å². The summed E-state index contributed by atoms with van der Waals surface area (Å²) >= 11 is 0. The normalized spacial score (nSPS) is 24.0. The van der Waals surface area contributed by atoms with E-state index in [1.165, 1.54) is 6.07 Å². The monoisotopic (exact) mass is 343 g/mol. The van der Waals surface area contributed by atoms with Crippen LogP contribution in [0.5, 0.6) is 0 Å². The van der Waals surface area contributed by atoms with Gasteiger partial charge in [-0.2, -0.15) is 13.2 Å². The molecule has 1 N–H and O–H groups in total. The number of aromatic nitrogens is 1. The first-order valence-electron chi connectivity index (χ1n) is 7.57. The maximum Gasteiger partial charge on any atom is 0.417 e. The Kier molecular flexibility index (Phi) is 4.10. The average molecular weight is 343 g/mol. The number of pyridine rings is 1. The lowest BCUT2D eigenvalue weighted by Crippen LogP contribution is -2.49. The number of nitrogens with zero attached hydrogens (tertiary/aromatic N) is 3. The smallest absolute Gasteiger partial charge is 0.417 e. The Labute approximate surface area is 135 Å². The Morgan fingerprint density at radius 1 is 1.12 bits per heavy atom. The fourth-order valence-corrected chi connectivity index (χ4v) is 2.87. The van der Waals surface area contributed by atoms with Crippen molar-refractivity contribution in [1.29, 1.82) is 0 Å². The minimum atomic E-state index is -4.42. The second-order valence-corrected chi connectivity index (χ2v) is 6.00. The van der Waals surface area contributed by atoms with E-state index in [0.29, 0.717) is 38.4 Å². The van der Waals surface area contributed by atoms with Gasteiger partial charge in [0.25, 0.3) is 0 Å². The maximum absolute atomic E-state index is 12.5. The van der Waals surface area contributed by atoms with Crippen molar-refractivity contribution in [2.24, 2.45) is 11.8 Å². The highest BCUT2D eigenvalue weighted by Gasteiger charge is 2.50. The Morgan fingerprint density at radius 3 is 2.25 bits per heavy atom. The van der Waals surface area contributed by atoms with Gasteiger partial charge >= 0.3 is 12.1 Å². The highest BCUT2D eigenvalue weighted by atomic mass is 19.4. The molecule has 1 aromatic rings. The van der Waals surface area contributed by atoms with Crippen molar-refractivity contribution in [3.63, 3.8) is 0 Å². The van der Waals surface area contributed by atoms with Gasteiger partial charge in [-0.15, -0.1) is 0 Å². The van der Waals surface area contributed by atoms with Crippen molar-refractivity contribution in [2.45, 2.75) is 12.6 Å². The molecule has 0 aromatic carbocycles. The summed E-state index contributed by atoms with van der Waals surface area (Å²) in [5.41, 5.74) is -0.798. The van der Waals surface area contributed by atoms with Crippen LogP contribution in [0.4, 0.5) is 19.0 Å². The zero-order valence-corrected chi connectivity index (χ0v) is 12.7. The molecule has 9 heteroatoms. The number of carboxylic acid groups (broad SMARTS) is 1. The molecule has 0 bridgehead atoms. The summed E-state index contributed by atoms with van der Waals surface area (Å²) < 4.78 is 37.6. The van der Waals surface area contributed by atoms with Gasteiger partial charge in [0.15, 0.2) is 0 Å². The van der Waals surface area contributed by atoms with E-state index >= 15 is 0 Å². The number of anilines is 1. The molecule has 1 amide bonds.